The van der Waals surface area contributed by atoms with Gasteiger partial charge in [0.2, 0.25) is 0 Å². The molecule has 26 heavy (non-hydrogen) atoms. The molecule has 1 aromatic carbocycles. The van der Waals surface area contributed by atoms with Crippen molar-refractivity contribution in [3.63, 3.8) is 0 Å². The van der Waals surface area contributed by atoms with E-state index in [-0.39, 0.29) is 31.0 Å². The van der Waals surface area contributed by atoms with Gasteiger partial charge >= 0.3 is 18.3 Å². The first kappa shape index (κ1) is 21.5. The maximum atomic E-state index is 12.8. The third-order valence-corrected chi connectivity index (χ3v) is 3.30. The summed E-state index contributed by atoms with van der Waals surface area (Å²) in [5.74, 6) is -2.15. The molecule has 1 amide bonds. The molecule has 1 aromatic rings. The van der Waals surface area contributed by atoms with E-state index in [9.17, 15) is 35.9 Å². The number of carbonyl (C=O) groups excluding carboxylic acids is 2. The molecule has 0 heterocycles. The van der Waals surface area contributed by atoms with Crippen molar-refractivity contribution in [1.82, 2.24) is 5.32 Å². The summed E-state index contributed by atoms with van der Waals surface area (Å²) in [6, 6.07) is -0.764. The van der Waals surface area contributed by atoms with Gasteiger partial charge in [-0.05, 0) is 31.0 Å². The van der Waals surface area contributed by atoms with Crippen LogP contribution in [0.1, 0.15) is 34.3 Å². The van der Waals surface area contributed by atoms with Crippen LogP contribution in [0.5, 0.6) is 0 Å². The van der Waals surface area contributed by atoms with Crippen molar-refractivity contribution in [3.05, 3.63) is 47.5 Å². The van der Waals surface area contributed by atoms with E-state index >= 15 is 0 Å². The van der Waals surface area contributed by atoms with Gasteiger partial charge in [0, 0.05) is 5.56 Å². The van der Waals surface area contributed by atoms with Crippen molar-refractivity contribution in [2.24, 2.45) is 0 Å². The van der Waals surface area contributed by atoms with Crippen molar-refractivity contribution in [3.8, 4) is 0 Å². The molecule has 0 aliphatic carbocycles. The molecule has 1 atom stereocenters. The lowest BCUT2D eigenvalue weighted by Crippen LogP contribution is -2.41. The number of rotatable bonds is 6. The Bertz CT molecular complexity index is 649. The van der Waals surface area contributed by atoms with Gasteiger partial charge in [-0.15, -0.1) is 6.58 Å². The van der Waals surface area contributed by atoms with E-state index in [2.05, 4.69) is 16.6 Å². The van der Waals surface area contributed by atoms with Crippen LogP contribution < -0.4 is 5.32 Å². The normalized spacial score (nSPS) is 13.0. The summed E-state index contributed by atoms with van der Waals surface area (Å²) in [5.41, 5.74) is -4.13. The number of nitrogens with one attached hydrogen (secondary N) is 1. The minimum Gasteiger partial charge on any atom is -0.467 e. The zero-order valence-electron chi connectivity index (χ0n) is 13.5. The van der Waals surface area contributed by atoms with Crippen LogP contribution in [0.4, 0.5) is 26.3 Å². The molecular weight excluding hydrogens is 368 g/mol. The first-order chi connectivity index (χ1) is 11.9. The van der Waals surface area contributed by atoms with E-state index in [0.717, 1.165) is 7.11 Å². The highest BCUT2D eigenvalue weighted by atomic mass is 19.4. The minimum absolute atomic E-state index is 0.0208. The molecule has 0 saturated heterocycles. The fraction of sp³-hybridized carbons (Fsp3) is 0.375. The molecule has 0 unspecified atom stereocenters. The second-order valence-corrected chi connectivity index (χ2v) is 5.21. The molecule has 0 fully saturated rings. The highest BCUT2D eigenvalue weighted by Crippen LogP contribution is 2.36. The van der Waals surface area contributed by atoms with E-state index in [0.29, 0.717) is 0 Å². The number of hydrogen-bond acceptors (Lipinski definition) is 3. The van der Waals surface area contributed by atoms with E-state index < -0.39 is 47.0 Å². The summed E-state index contributed by atoms with van der Waals surface area (Å²) in [6.07, 6.45) is -8.46. The van der Waals surface area contributed by atoms with Gasteiger partial charge < -0.3 is 10.1 Å². The van der Waals surface area contributed by atoms with Crippen molar-refractivity contribution in [2.75, 3.05) is 7.11 Å². The zero-order valence-corrected chi connectivity index (χ0v) is 13.5. The number of ether oxygens (including phenoxy) is 1. The predicted octanol–water partition coefficient (Wildman–Crippen LogP) is 3.96. The number of halogens is 6. The van der Waals surface area contributed by atoms with Gasteiger partial charge in [0.1, 0.15) is 6.04 Å². The van der Waals surface area contributed by atoms with Crippen LogP contribution in [0.25, 0.3) is 0 Å². The Kier molecular flexibility index (Phi) is 6.82. The second-order valence-electron chi connectivity index (χ2n) is 5.21. The summed E-state index contributed by atoms with van der Waals surface area (Å²) in [6.45, 7) is 3.42. The lowest BCUT2D eigenvalue weighted by molar-refractivity contribution is -0.144. The average Bonchev–Trinajstić information content (AvgIpc) is 2.55. The monoisotopic (exact) mass is 383 g/mol. The number of methoxy groups -OCH3 is 1. The van der Waals surface area contributed by atoms with Crippen molar-refractivity contribution >= 4 is 11.9 Å². The molecule has 4 nitrogen and oxygen atoms in total. The number of esters is 1. The molecular formula is C16H15F6NO3. The highest BCUT2D eigenvalue weighted by molar-refractivity contribution is 5.97. The van der Waals surface area contributed by atoms with Crippen LogP contribution in [0.3, 0.4) is 0 Å². The number of alkyl halides is 6. The van der Waals surface area contributed by atoms with E-state index in [1.807, 2.05) is 0 Å². The lowest BCUT2D eigenvalue weighted by atomic mass is 10.0. The van der Waals surface area contributed by atoms with Gasteiger partial charge in [0.15, 0.2) is 0 Å². The summed E-state index contributed by atoms with van der Waals surface area (Å²) in [4.78, 5) is 23.7. The topological polar surface area (TPSA) is 55.4 Å². The minimum atomic E-state index is -5.08. The highest BCUT2D eigenvalue weighted by Gasteiger charge is 2.37. The van der Waals surface area contributed by atoms with Gasteiger partial charge in [0.25, 0.3) is 5.91 Å². The smallest absolute Gasteiger partial charge is 0.416 e. The fourth-order valence-corrected chi connectivity index (χ4v) is 2.00. The number of hydrogen-bond donors (Lipinski definition) is 1. The molecule has 10 heteroatoms. The molecule has 1 rings (SSSR count). The summed E-state index contributed by atoms with van der Waals surface area (Å²) < 4.78 is 81.4. The zero-order chi connectivity index (χ0) is 20.1. The van der Waals surface area contributed by atoms with Crippen molar-refractivity contribution in [1.29, 1.82) is 0 Å². The standard InChI is InChI=1S/C16H15F6NO3/c1-3-4-5-12(14(25)26-2)23-13(24)9-6-10(15(17,18)19)8-11(7-9)16(20,21)22/h3,6-8,12H,1,4-5H2,2H3,(H,23,24)/t12-/m1/s1. The van der Waals surface area contributed by atoms with E-state index in [1.165, 1.54) is 6.08 Å². The summed E-state index contributed by atoms with van der Waals surface area (Å²) >= 11 is 0. The lowest BCUT2D eigenvalue weighted by Gasteiger charge is -2.17. The molecule has 0 spiro atoms. The third kappa shape index (κ3) is 5.78. The van der Waals surface area contributed by atoms with Gasteiger partial charge in [-0.3, -0.25) is 4.79 Å². The summed E-state index contributed by atoms with van der Waals surface area (Å²) in [7, 11) is 1.03. The molecule has 0 aromatic heterocycles. The van der Waals surface area contributed by atoms with Crippen LogP contribution in [0.2, 0.25) is 0 Å². The first-order valence-electron chi connectivity index (χ1n) is 7.19. The van der Waals surface area contributed by atoms with Crippen LogP contribution in [-0.2, 0) is 21.9 Å². The van der Waals surface area contributed by atoms with Gasteiger partial charge in [-0.2, -0.15) is 26.3 Å². The predicted molar refractivity (Wildman–Crippen MR) is 79.1 cm³/mol. The van der Waals surface area contributed by atoms with E-state index in [4.69, 9.17) is 0 Å². The van der Waals surface area contributed by atoms with Gasteiger partial charge in [0.05, 0.1) is 18.2 Å². The molecule has 144 valence electrons. The first-order valence-corrected chi connectivity index (χ1v) is 7.19. The SMILES string of the molecule is C=CCC[C@@H](NC(=O)c1cc(C(F)(F)F)cc(C(F)(F)F)c1)C(=O)OC. The second kappa shape index (κ2) is 8.24. The molecule has 0 aliphatic heterocycles. The summed E-state index contributed by atoms with van der Waals surface area (Å²) in [5, 5.41) is 2.08. The van der Waals surface area contributed by atoms with Gasteiger partial charge in [-0.25, -0.2) is 4.79 Å². The Labute approximate surface area is 144 Å². The van der Waals surface area contributed by atoms with Crippen LogP contribution >= 0.6 is 0 Å². The maximum absolute atomic E-state index is 12.8. The Balaban J connectivity index is 3.24. The molecule has 0 radical (unpaired) electrons. The molecule has 0 saturated carbocycles. The van der Waals surface area contributed by atoms with E-state index in [1.54, 1.807) is 0 Å². The van der Waals surface area contributed by atoms with Crippen LogP contribution in [-0.4, -0.2) is 25.0 Å². The maximum Gasteiger partial charge on any atom is 0.416 e. The molecule has 0 bridgehead atoms. The number of allylic oxidation sites excluding steroid dienone is 1. The van der Waals surface area contributed by atoms with Gasteiger partial charge in [-0.1, -0.05) is 6.08 Å². The largest absolute Gasteiger partial charge is 0.467 e. The Hall–Kier alpha value is -2.52. The Morgan fingerprint density at radius 1 is 1.12 bits per heavy atom. The molecule has 1 N–H and O–H groups in total. The molecule has 0 aliphatic rings. The van der Waals surface area contributed by atoms with Crippen molar-refractivity contribution < 1.29 is 40.7 Å². The quantitative estimate of drug-likeness (QED) is 0.460. The average molecular weight is 383 g/mol. The fourth-order valence-electron chi connectivity index (χ4n) is 2.00. The van der Waals surface area contributed by atoms with Crippen molar-refractivity contribution in [2.45, 2.75) is 31.2 Å². The number of carbonyl (C=O) groups is 2. The Morgan fingerprint density at radius 2 is 1.62 bits per heavy atom. The third-order valence-electron chi connectivity index (χ3n) is 3.30. The Morgan fingerprint density at radius 3 is 2.00 bits per heavy atom. The van der Waals surface area contributed by atoms with Crippen LogP contribution in [0, 0.1) is 0 Å². The number of amides is 1. The number of benzene rings is 1. The van der Waals surface area contributed by atoms with Crippen LogP contribution in [0.15, 0.2) is 30.9 Å².